The quantitative estimate of drug-likeness (QED) is 0.910. The van der Waals surface area contributed by atoms with E-state index in [1.54, 1.807) is 24.3 Å². The van der Waals surface area contributed by atoms with E-state index in [0.717, 1.165) is 25.0 Å². The zero-order chi connectivity index (χ0) is 16.4. The molecule has 0 unspecified atom stereocenters. The molecule has 0 atom stereocenters. The predicted molar refractivity (Wildman–Crippen MR) is 81.2 cm³/mol. The summed E-state index contributed by atoms with van der Waals surface area (Å²) in [5, 5.41) is 5.35. The summed E-state index contributed by atoms with van der Waals surface area (Å²) in [5.41, 5.74) is 0.449. The van der Waals surface area contributed by atoms with E-state index in [1.807, 2.05) is 0 Å². The van der Waals surface area contributed by atoms with Crippen molar-refractivity contribution in [1.82, 2.24) is 5.32 Å². The molecule has 0 radical (unpaired) electrons. The minimum Gasteiger partial charge on any atom is -0.349 e. The number of hydrogen-bond donors (Lipinski definition) is 2. The highest BCUT2D eigenvalue weighted by molar-refractivity contribution is 6.09. The van der Waals surface area contributed by atoms with Crippen molar-refractivity contribution in [3.05, 3.63) is 65.2 Å². The molecule has 1 aliphatic rings. The Hall–Kier alpha value is -2.76. The number of carbonyl (C=O) groups excluding carboxylic acids is 2. The molecule has 1 fully saturated rings. The summed E-state index contributed by atoms with van der Waals surface area (Å²) in [7, 11) is 0. The number of amides is 2. The first-order chi connectivity index (χ1) is 11.0. The van der Waals surface area contributed by atoms with Gasteiger partial charge in [0.15, 0.2) is 0 Å². The first-order valence-electron chi connectivity index (χ1n) is 7.20. The molecular weight excluding hydrogens is 302 g/mol. The first-order valence-corrected chi connectivity index (χ1v) is 7.20. The average Bonchev–Trinajstić information content (AvgIpc) is 3.30. The zero-order valence-corrected chi connectivity index (χ0v) is 12.1. The second-order valence-electron chi connectivity index (χ2n) is 5.41. The summed E-state index contributed by atoms with van der Waals surface area (Å²) in [4.78, 5) is 24.3. The van der Waals surface area contributed by atoms with Crippen LogP contribution in [-0.4, -0.2) is 17.9 Å². The van der Waals surface area contributed by atoms with Crippen LogP contribution in [0, 0.1) is 11.6 Å². The van der Waals surface area contributed by atoms with Crippen molar-refractivity contribution in [2.45, 2.75) is 18.9 Å². The van der Waals surface area contributed by atoms with E-state index in [1.165, 1.54) is 0 Å². The van der Waals surface area contributed by atoms with Crippen LogP contribution >= 0.6 is 0 Å². The van der Waals surface area contributed by atoms with E-state index in [4.69, 9.17) is 0 Å². The number of benzene rings is 2. The molecule has 23 heavy (non-hydrogen) atoms. The maximum absolute atomic E-state index is 13.2. The summed E-state index contributed by atoms with van der Waals surface area (Å²) < 4.78 is 26.4. The molecule has 3 rings (SSSR count). The van der Waals surface area contributed by atoms with Crippen molar-refractivity contribution < 1.29 is 18.4 Å². The van der Waals surface area contributed by atoms with E-state index < -0.39 is 17.5 Å². The lowest BCUT2D eigenvalue weighted by Crippen LogP contribution is -2.27. The van der Waals surface area contributed by atoms with Crippen LogP contribution in [0.5, 0.6) is 0 Å². The van der Waals surface area contributed by atoms with Crippen LogP contribution in [0.4, 0.5) is 14.5 Å². The molecule has 0 bridgehead atoms. The van der Waals surface area contributed by atoms with Crippen LogP contribution in [0.3, 0.4) is 0 Å². The average molecular weight is 316 g/mol. The van der Waals surface area contributed by atoms with Crippen LogP contribution in [0.15, 0.2) is 42.5 Å². The molecule has 0 heterocycles. The van der Waals surface area contributed by atoms with Crippen molar-refractivity contribution >= 4 is 17.5 Å². The number of halogens is 2. The Bertz CT molecular complexity index is 753. The van der Waals surface area contributed by atoms with Gasteiger partial charge in [-0.25, -0.2) is 8.78 Å². The molecule has 0 aromatic heterocycles. The molecule has 1 aliphatic carbocycles. The molecular formula is C17H14F2N2O2. The molecule has 118 valence electrons. The van der Waals surface area contributed by atoms with Gasteiger partial charge < -0.3 is 10.6 Å². The third kappa shape index (κ3) is 3.71. The van der Waals surface area contributed by atoms with Gasteiger partial charge in [0.05, 0.1) is 11.3 Å². The standard InChI is InChI=1S/C17H14F2N2O2/c18-11-7-10(8-12(19)9-11)16(22)21-15-4-2-1-3-14(15)17(23)20-13-5-6-13/h1-4,7-9,13H,5-6H2,(H,20,23)(H,21,22). The van der Waals surface area contributed by atoms with Crippen LogP contribution in [0.25, 0.3) is 0 Å². The van der Waals surface area contributed by atoms with E-state index in [9.17, 15) is 18.4 Å². The van der Waals surface area contributed by atoms with E-state index in [0.29, 0.717) is 17.3 Å². The van der Waals surface area contributed by atoms with Gasteiger partial charge in [-0.3, -0.25) is 9.59 Å². The second kappa shape index (κ2) is 6.16. The van der Waals surface area contributed by atoms with Crippen molar-refractivity contribution in [2.24, 2.45) is 0 Å². The first kappa shape index (κ1) is 15.1. The third-order valence-corrected chi connectivity index (χ3v) is 3.46. The van der Waals surface area contributed by atoms with Gasteiger partial charge in [0.1, 0.15) is 11.6 Å². The highest BCUT2D eigenvalue weighted by Crippen LogP contribution is 2.22. The fraction of sp³-hybridized carbons (Fsp3) is 0.176. The Morgan fingerprint density at radius 2 is 1.61 bits per heavy atom. The maximum Gasteiger partial charge on any atom is 0.255 e. The Morgan fingerprint density at radius 3 is 2.26 bits per heavy atom. The van der Waals surface area contributed by atoms with Crippen molar-refractivity contribution in [2.75, 3.05) is 5.32 Å². The van der Waals surface area contributed by atoms with Gasteiger partial charge >= 0.3 is 0 Å². The fourth-order valence-electron chi connectivity index (χ4n) is 2.16. The summed E-state index contributed by atoms with van der Waals surface area (Å²) in [5.74, 6) is -2.64. The highest BCUT2D eigenvalue weighted by Gasteiger charge is 2.25. The fourth-order valence-corrected chi connectivity index (χ4v) is 2.16. The van der Waals surface area contributed by atoms with E-state index in [-0.39, 0.29) is 17.5 Å². The minimum atomic E-state index is -0.838. The topological polar surface area (TPSA) is 58.2 Å². The highest BCUT2D eigenvalue weighted by atomic mass is 19.1. The summed E-state index contributed by atoms with van der Waals surface area (Å²) >= 11 is 0. The SMILES string of the molecule is O=C(Nc1ccccc1C(=O)NC1CC1)c1cc(F)cc(F)c1. The van der Waals surface area contributed by atoms with E-state index in [2.05, 4.69) is 10.6 Å². The van der Waals surface area contributed by atoms with E-state index >= 15 is 0 Å². The molecule has 6 heteroatoms. The Labute approximate surface area is 131 Å². The smallest absolute Gasteiger partial charge is 0.255 e. The molecule has 0 saturated heterocycles. The van der Waals surface area contributed by atoms with Gasteiger partial charge in [-0.2, -0.15) is 0 Å². The van der Waals surface area contributed by atoms with Crippen molar-refractivity contribution in [3.8, 4) is 0 Å². The Kier molecular flexibility index (Phi) is 4.06. The number of anilines is 1. The van der Waals surface area contributed by atoms with Gasteiger partial charge in [-0.1, -0.05) is 12.1 Å². The molecule has 0 aliphatic heterocycles. The molecule has 2 N–H and O–H groups in total. The van der Waals surface area contributed by atoms with Crippen molar-refractivity contribution in [1.29, 1.82) is 0 Å². The zero-order valence-electron chi connectivity index (χ0n) is 12.1. The van der Waals surface area contributed by atoms with Crippen LogP contribution < -0.4 is 10.6 Å². The molecule has 1 saturated carbocycles. The van der Waals surface area contributed by atoms with Gasteiger partial charge in [0.2, 0.25) is 0 Å². The number of carbonyl (C=O) groups is 2. The number of hydrogen-bond acceptors (Lipinski definition) is 2. The van der Waals surface area contributed by atoms with Gasteiger partial charge in [-0.05, 0) is 37.1 Å². The predicted octanol–water partition coefficient (Wildman–Crippen LogP) is 3.11. The lowest BCUT2D eigenvalue weighted by atomic mass is 10.1. The number of rotatable bonds is 4. The number of para-hydroxylation sites is 1. The van der Waals surface area contributed by atoms with Gasteiger partial charge in [0.25, 0.3) is 11.8 Å². The van der Waals surface area contributed by atoms with Gasteiger partial charge in [-0.15, -0.1) is 0 Å². The Balaban J connectivity index is 1.81. The maximum atomic E-state index is 13.2. The monoisotopic (exact) mass is 316 g/mol. The summed E-state index contributed by atoms with van der Waals surface area (Å²) in [6.45, 7) is 0. The number of nitrogens with one attached hydrogen (secondary N) is 2. The van der Waals surface area contributed by atoms with Crippen LogP contribution in [0.2, 0.25) is 0 Å². The Morgan fingerprint density at radius 1 is 0.957 bits per heavy atom. The van der Waals surface area contributed by atoms with Crippen LogP contribution in [0.1, 0.15) is 33.6 Å². The summed E-state index contributed by atoms with van der Waals surface area (Å²) in [6, 6.07) is 9.23. The second-order valence-corrected chi connectivity index (χ2v) is 5.41. The normalized spacial score (nSPS) is 13.5. The lowest BCUT2D eigenvalue weighted by molar-refractivity contribution is 0.0952. The summed E-state index contributed by atoms with van der Waals surface area (Å²) in [6.07, 6.45) is 1.89. The lowest BCUT2D eigenvalue weighted by Gasteiger charge is -2.11. The molecule has 2 amide bonds. The van der Waals surface area contributed by atoms with Crippen LogP contribution in [-0.2, 0) is 0 Å². The van der Waals surface area contributed by atoms with Crippen molar-refractivity contribution in [3.63, 3.8) is 0 Å². The minimum absolute atomic E-state index is 0.153. The molecule has 2 aromatic carbocycles. The third-order valence-electron chi connectivity index (χ3n) is 3.46. The molecule has 4 nitrogen and oxygen atoms in total. The largest absolute Gasteiger partial charge is 0.349 e. The molecule has 2 aromatic rings. The molecule has 0 spiro atoms. The van der Waals surface area contributed by atoms with Gasteiger partial charge in [0, 0.05) is 17.7 Å².